The van der Waals surface area contributed by atoms with Crippen molar-refractivity contribution in [3.8, 4) is 0 Å². The van der Waals surface area contributed by atoms with Gasteiger partial charge in [-0.1, -0.05) is 42.5 Å². The number of hydrogen-bond acceptors (Lipinski definition) is 4. The highest BCUT2D eigenvalue weighted by molar-refractivity contribution is 6.14. The second kappa shape index (κ2) is 6.68. The van der Waals surface area contributed by atoms with Crippen LogP contribution in [0.15, 0.2) is 72.9 Å². The SMILES string of the molecule is CN1c2cccc(C(=O)O)c2C(=O)C(c2ccccc2)C1c1ccccn1. The van der Waals surface area contributed by atoms with Crippen molar-refractivity contribution in [3.63, 3.8) is 0 Å². The maximum absolute atomic E-state index is 13.6. The summed E-state index contributed by atoms with van der Waals surface area (Å²) in [5.41, 5.74) is 2.52. The molecule has 1 aliphatic rings. The van der Waals surface area contributed by atoms with Crippen LogP contribution in [0.3, 0.4) is 0 Å². The fourth-order valence-corrected chi connectivity index (χ4v) is 3.86. The number of hydrogen-bond donors (Lipinski definition) is 1. The van der Waals surface area contributed by atoms with Gasteiger partial charge in [-0.05, 0) is 29.8 Å². The maximum atomic E-state index is 13.6. The largest absolute Gasteiger partial charge is 0.478 e. The molecule has 0 aliphatic carbocycles. The molecule has 1 aliphatic heterocycles. The Morgan fingerprint density at radius 3 is 2.41 bits per heavy atom. The van der Waals surface area contributed by atoms with E-state index in [-0.39, 0.29) is 23.0 Å². The normalized spacial score (nSPS) is 18.9. The second-order valence-electron chi connectivity index (χ2n) is 6.57. The maximum Gasteiger partial charge on any atom is 0.336 e. The zero-order valence-electron chi connectivity index (χ0n) is 14.7. The van der Waals surface area contributed by atoms with Crippen LogP contribution in [0.1, 0.15) is 43.9 Å². The lowest BCUT2D eigenvalue weighted by atomic mass is 9.77. The number of nitrogens with zero attached hydrogens (tertiary/aromatic N) is 2. The monoisotopic (exact) mass is 358 g/mol. The summed E-state index contributed by atoms with van der Waals surface area (Å²) < 4.78 is 0. The van der Waals surface area contributed by atoms with Crippen molar-refractivity contribution >= 4 is 17.4 Å². The molecule has 0 bridgehead atoms. The van der Waals surface area contributed by atoms with Gasteiger partial charge >= 0.3 is 5.97 Å². The first kappa shape index (κ1) is 17.0. The Kier molecular flexibility index (Phi) is 4.20. The lowest BCUT2D eigenvalue weighted by molar-refractivity contribution is 0.0690. The van der Waals surface area contributed by atoms with E-state index in [1.807, 2.05) is 60.5 Å². The minimum Gasteiger partial charge on any atom is -0.478 e. The van der Waals surface area contributed by atoms with Crippen LogP contribution < -0.4 is 4.90 Å². The van der Waals surface area contributed by atoms with Crippen LogP contribution in [0.4, 0.5) is 5.69 Å². The van der Waals surface area contributed by atoms with Gasteiger partial charge in [0.05, 0.1) is 28.8 Å². The van der Waals surface area contributed by atoms with Crippen LogP contribution in [0.5, 0.6) is 0 Å². The van der Waals surface area contributed by atoms with E-state index in [4.69, 9.17) is 0 Å². The van der Waals surface area contributed by atoms with Crippen molar-refractivity contribution in [3.05, 3.63) is 95.3 Å². The molecule has 2 aromatic carbocycles. The van der Waals surface area contributed by atoms with E-state index in [2.05, 4.69) is 4.98 Å². The van der Waals surface area contributed by atoms with Crippen LogP contribution in [0.2, 0.25) is 0 Å². The second-order valence-corrected chi connectivity index (χ2v) is 6.57. The molecule has 5 heteroatoms. The molecule has 0 saturated heterocycles. The smallest absolute Gasteiger partial charge is 0.336 e. The lowest BCUT2D eigenvalue weighted by Gasteiger charge is -2.41. The summed E-state index contributed by atoms with van der Waals surface area (Å²) in [5, 5.41) is 9.60. The molecule has 4 rings (SSSR count). The van der Waals surface area contributed by atoms with Crippen molar-refractivity contribution in [1.29, 1.82) is 0 Å². The molecule has 27 heavy (non-hydrogen) atoms. The topological polar surface area (TPSA) is 70.5 Å². The van der Waals surface area contributed by atoms with Crippen LogP contribution in [0, 0.1) is 0 Å². The number of pyridine rings is 1. The standard InChI is InChI=1S/C22H18N2O3/c1-24-17-12-7-10-15(22(26)27)19(17)21(25)18(14-8-3-2-4-9-14)20(24)16-11-5-6-13-23-16/h2-13,18,20H,1H3,(H,26,27). The number of carboxylic acids is 1. The van der Waals surface area contributed by atoms with Crippen molar-refractivity contribution < 1.29 is 14.7 Å². The Hall–Kier alpha value is -3.47. The molecule has 0 saturated carbocycles. The minimum absolute atomic E-state index is 0.0322. The van der Waals surface area contributed by atoms with Gasteiger partial charge in [0.1, 0.15) is 0 Å². The predicted octanol–water partition coefficient (Wildman–Crippen LogP) is 3.94. The number of aromatic nitrogens is 1. The number of ketones is 1. The number of fused-ring (bicyclic) bond motifs is 1. The number of benzene rings is 2. The molecule has 0 fully saturated rings. The van der Waals surface area contributed by atoms with Crippen molar-refractivity contribution in [1.82, 2.24) is 4.98 Å². The fraction of sp³-hybridized carbons (Fsp3) is 0.136. The highest BCUT2D eigenvalue weighted by Crippen LogP contribution is 2.46. The number of carbonyl (C=O) groups excluding carboxylic acids is 1. The Morgan fingerprint density at radius 1 is 1.00 bits per heavy atom. The molecule has 1 N–H and O–H groups in total. The van der Waals surface area contributed by atoms with Crippen LogP contribution >= 0.6 is 0 Å². The number of Topliss-reactive ketones (excluding diaryl/α,β-unsaturated/α-hetero) is 1. The van der Waals surface area contributed by atoms with Gasteiger partial charge in [-0.15, -0.1) is 0 Å². The first-order valence-corrected chi connectivity index (χ1v) is 8.69. The van der Waals surface area contributed by atoms with Crippen molar-refractivity contribution in [2.45, 2.75) is 12.0 Å². The third kappa shape index (κ3) is 2.77. The number of carbonyl (C=O) groups is 2. The Morgan fingerprint density at radius 2 is 1.74 bits per heavy atom. The Labute approximate surface area is 156 Å². The molecule has 0 amide bonds. The summed E-state index contributed by atoms with van der Waals surface area (Å²) in [7, 11) is 1.88. The molecular formula is C22H18N2O3. The Balaban J connectivity index is 1.98. The van der Waals surface area contributed by atoms with Gasteiger partial charge in [0, 0.05) is 18.9 Å². The molecule has 1 aromatic heterocycles. The lowest BCUT2D eigenvalue weighted by Crippen LogP contribution is -2.40. The summed E-state index contributed by atoms with van der Waals surface area (Å²) in [6.07, 6.45) is 1.71. The van der Waals surface area contributed by atoms with E-state index in [1.54, 1.807) is 18.3 Å². The molecule has 2 heterocycles. The van der Waals surface area contributed by atoms with Crippen molar-refractivity contribution in [2.75, 3.05) is 11.9 Å². The number of anilines is 1. The van der Waals surface area contributed by atoms with Gasteiger partial charge in [0.15, 0.2) is 5.78 Å². The first-order chi connectivity index (χ1) is 13.1. The van der Waals surface area contributed by atoms with Crippen molar-refractivity contribution in [2.24, 2.45) is 0 Å². The number of rotatable bonds is 3. The predicted molar refractivity (Wildman–Crippen MR) is 102 cm³/mol. The number of carboxylic acid groups (broad SMARTS) is 1. The van der Waals surface area contributed by atoms with Gasteiger partial charge in [-0.2, -0.15) is 0 Å². The fourth-order valence-electron chi connectivity index (χ4n) is 3.86. The number of aromatic carboxylic acids is 1. The van der Waals surface area contributed by atoms with E-state index in [0.29, 0.717) is 5.69 Å². The molecule has 0 spiro atoms. The van der Waals surface area contributed by atoms with Gasteiger partial charge in [-0.3, -0.25) is 9.78 Å². The Bertz CT molecular complexity index is 1000. The third-order valence-corrected chi connectivity index (χ3v) is 5.06. The summed E-state index contributed by atoms with van der Waals surface area (Å²) in [4.78, 5) is 31.7. The van der Waals surface area contributed by atoms with Gasteiger partial charge in [-0.25, -0.2) is 4.79 Å². The molecule has 2 atom stereocenters. The van der Waals surface area contributed by atoms with E-state index >= 15 is 0 Å². The van der Waals surface area contributed by atoms with Gasteiger partial charge in [0.25, 0.3) is 0 Å². The molecule has 0 radical (unpaired) electrons. The quantitative estimate of drug-likeness (QED) is 0.768. The zero-order valence-corrected chi connectivity index (χ0v) is 14.7. The number of likely N-dealkylation sites (N-methyl/N-ethyl adjacent to an activating group) is 1. The van der Waals surface area contributed by atoms with Crippen LogP contribution in [0.25, 0.3) is 0 Å². The van der Waals surface area contributed by atoms with E-state index in [9.17, 15) is 14.7 Å². The highest BCUT2D eigenvalue weighted by Gasteiger charge is 2.43. The molecule has 5 nitrogen and oxygen atoms in total. The van der Waals surface area contributed by atoms with E-state index < -0.39 is 11.9 Å². The van der Waals surface area contributed by atoms with Crippen LogP contribution in [-0.4, -0.2) is 28.9 Å². The zero-order chi connectivity index (χ0) is 19.0. The third-order valence-electron chi connectivity index (χ3n) is 5.06. The molecule has 2 unspecified atom stereocenters. The molecular weight excluding hydrogens is 340 g/mol. The first-order valence-electron chi connectivity index (χ1n) is 8.69. The average molecular weight is 358 g/mol. The average Bonchev–Trinajstić information content (AvgIpc) is 2.71. The van der Waals surface area contributed by atoms with Gasteiger partial charge < -0.3 is 10.0 Å². The highest BCUT2D eigenvalue weighted by atomic mass is 16.4. The summed E-state index contributed by atoms with van der Waals surface area (Å²) in [6, 6.07) is 19.7. The van der Waals surface area contributed by atoms with Gasteiger partial charge in [0.2, 0.25) is 0 Å². The van der Waals surface area contributed by atoms with E-state index in [1.165, 1.54) is 6.07 Å². The summed E-state index contributed by atoms with van der Waals surface area (Å²) in [5.74, 6) is -1.83. The van der Waals surface area contributed by atoms with Crippen LogP contribution in [-0.2, 0) is 0 Å². The summed E-state index contributed by atoms with van der Waals surface area (Å²) >= 11 is 0. The summed E-state index contributed by atoms with van der Waals surface area (Å²) in [6.45, 7) is 0. The minimum atomic E-state index is -1.10. The molecule has 134 valence electrons. The molecule has 3 aromatic rings. The van der Waals surface area contributed by atoms with E-state index in [0.717, 1.165) is 11.3 Å².